The first-order valence-corrected chi connectivity index (χ1v) is 7.41. The van der Waals surface area contributed by atoms with Crippen molar-refractivity contribution in [3.05, 3.63) is 23.4 Å². The third-order valence-corrected chi connectivity index (χ3v) is 3.99. The second kappa shape index (κ2) is 5.91. The summed E-state index contributed by atoms with van der Waals surface area (Å²) in [5.41, 5.74) is 2.43. The summed E-state index contributed by atoms with van der Waals surface area (Å²) in [5, 5.41) is 3.47. The minimum Gasteiger partial charge on any atom is -0.357 e. The van der Waals surface area contributed by atoms with Crippen molar-refractivity contribution in [2.45, 2.75) is 59.2 Å². The van der Waals surface area contributed by atoms with Crippen LogP contribution in [0.5, 0.6) is 0 Å². The molecule has 1 aromatic rings. The number of rotatable bonds is 6. The number of anilines is 1. The number of hydrogen-bond donors (Lipinski definition) is 1. The average molecular weight is 261 g/mol. The summed E-state index contributed by atoms with van der Waals surface area (Å²) in [6, 6.07) is 5.51. The van der Waals surface area contributed by atoms with Gasteiger partial charge in [-0.15, -0.1) is 0 Å². The van der Waals surface area contributed by atoms with Crippen LogP contribution in [0.2, 0.25) is 0 Å². The van der Waals surface area contributed by atoms with Crippen LogP contribution in [0.1, 0.15) is 44.9 Å². The first-order valence-electron chi connectivity index (χ1n) is 7.41. The fraction of sp³-hybridized carbons (Fsp3) is 0.688. The number of nitrogens with zero attached hydrogens (tertiary/aromatic N) is 2. The van der Waals surface area contributed by atoms with E-state index in [2.05, 4.69) is 57.1 Å². The molecule has 1 fully saturated rings. The molecule has 19 heavy (non-hydrogen) atoms. The van der Waals surface area contributed by atoms with Gasteiger partial charge in [-0.1, -0.05) is 13.8 Å². The summed E-state index contributed by atoms with van der Waals surface area (Å²) < 4.78 is 0. The molecule has 0 aliphatic heterocycles. The van der Waals surface area contributed by atoms with Gasteiger partial charge in [-0.3, -0.25) is 0 Å². The van der Waals surface area contributed by atoms with Crippen LogP contribution in [0.15, 0.2) is 12.1 Å². The number of hydrogen-bond acceptors (Lipinski definition) is 3. The molecule has 3 heteroatoms. The summed E-state index contributed by atoms with van der Waals surface area (Å²) in [6.45, 7) is 9.66. The lowest BCUT2D eigenvalue weighted by Crippen LogP contribution is -2.31. The van der Waals surface area contributed by atoms with Crippen molar-refractivity contribution >= 4 is 5.82 Å². The van der Waals surface area contributed by atoms with E-state index in [-0.39, 0.29) is 0 Å². The summed E-state index contributed by atoms with van der Waals surface area (Å²) in [7, 11) is 2.17. The van der Waals surface area contributed by atoms with Crippen molar-refractivity contribution < 1.29 is 0 Å². The summed E-state index contributed by atoms with van der Waals surface area (Å²) in [6.07, 6.45) is 2.75. The molecule has 3 nitrogen and oxygen atoms in total. The second-order valence-electron chi connectivity index (χ2n) is 6.20. The van der Waals surface area contributed by atoms with Crippen LogP contribution in [0, 0.1) is 12.8 Å². The molecule has 0 saturated heterocycles. The monoisotopic (exact) mass is 261 g/mol. The zero-order valence-electron chi connectivity index (χ0n) is 12.9. The van der Waals surface area contributed by atoms with Crippen LogP contribution >= 0.6 is 0 Å². The molecular formula is C16H27N3. The lowest BCUT2D eigenvalue weighted by molar-refractivity contribution is 0.585. The van der Waals surface area contributed by atoms with Crippen LogP contribution in [0.4, 0.5) is 5.82 Å². The first-order chi connectivity index (χ1) is 8.97. The van der Waals surface area contributed by atoms with Gasteiger partial charge in [0, 0.05) is 31.4 Å². The molecule has 1 atom stereocenters. The van der Waals surface area contributed by atoms with Gasteiger partial charge in [0.1, 0.15) is 5.82 Å². The van der Waals surface area contributed by atoms with Gasteiger partial charge in [-0.2, -0.15) is 0 Å². The smallest absolute Gasteiger partial charge is 0.129 e. The van der Waals surface area contributed by atoms with E-state index in [4.69, 9.17) is 4.98 Å². The summed E-state index contributed by atoms with van der Waals surface area (Å²) >= 11 is 0. The van der Waals surface area contributed by atoms with E-state index >= 15 is 0 Å². The first kappa shape index (κ1) is 14.3. The third kappa shape index (κ3) is 3.93. The molecule has 1 saturated carbocycles. The van der Waals surface area contributed by atoms with Crippen LogP contribution in [-0.4, -0.2) is 24.1 Å². The van der Waals surface area contributed by atoms with Crippen LogP contribution in [0.3, 0.4) is 0 Å². The Kier molecular flexibility index (Phi) is 4.46. The number of aryl methyl sites for hydroxylation is 1. The van der Waals surface area contributed by atoms with Gasteiger partial charge in [-0.25, -0.2) is 4.98 Å². The van der Waals surface area contributed by atoms with Crippen molar-refractivity contribution in [3.8, 4) is 0 Å². The van der Waals surface area contributed by atoms with Crippen molar-refractivity contribution in [3.63, 3.8) is 0 Å². The Hall–Kier alpha value is -1.09. The van der Waals surface area contributed by atoms with E-state index < -0.39 is 0 Å². The van der Waals surface area contributed by atoms with Crippen molar-refractivity contribution in [1.29, 1.82) is 0 Å². The Balaban J connectivity index is 2.10. The highest BCUT2D eigenvalue weighted by Crippen LogP contribution is 2.36. The maximum absolute atomic E-state index is 4.69. The van der Waals surface area contributed by atoms with Crippen molar-refractivity contribution in [2.24, 2.45) is 5.92 Å². The molecule has 0 spiro atoms. The zero-order valence-corrected chi connectivity index (χ0v) is 12.9. The Labute approximate surface area is 117 Å². The maximum Gasteiger partial charge on any atom is 0.129 e. The molecule has 2 rings (SSSR count). The number of aromatic nitrogens is 1. The molecule has 0 radical (unpaired) electrons. The van der Waals surface area contributed by atoms with E-state index in [0.29, 0.717) is 12.1 Å². The van der Waals surface area contributed by atoms with Gasteiger partial charge >= 0.3 is 0 Å². The fourth-order valence-electron chi connectivity index (χ4n) is 2.43. The number of nitrogens with one attached hydrogen (secondary N) is 1. The Morgan fingerprint density at radius 1 is 1.32 bits per heavy atom. The molecule has 1 heterocycles. The Morgan fingerprint density at radius 3 is 2.58 bits per heavy atom. The zero-order chi connectivity index (χ0) is 14.0. The Bertz CT molecular complexity index is 424. The van der Waals surface area contributed by atoms with Crippen molar-refractivity contribution in [2.75, 3.05) is 11.9 Å². The molecule has 1 N–H and O–H groups in total. The second-order valence-corrected chi connectivity index (χ2v) is 6.20. The SMILES string of the molecule is Cc1cc(CNC(C)C)cc(N(C)C(C)C2CC2)n1. The fourth-order valence-corrected chi connectivity index (χ4v) is 2.43. The molecule has 106 valence electrons. The van der Waals surface area contributed by atoms with Gasteiger partial charge in [0.05, 0.1) is 0 Å². The van der Waals surface area contributed by atoms with Gasteiger partial charge in [-0.05, 0) is 50.3 Å². The van der Waals surface area contributed by atoms with E-state index in [0.717, 1.165) is 24.0 Å². The molecule has 0 bridgehead atoms. The largest absolute Gasteiger partial charge is 0.357 e. The molecule has 1 unspecified atom stereocenters. The van der Waals surface area contributed by atoms with Crippen LogP contribution in [-0.2, 0) is 6.54 Å². The van der Waals surface area contributed by atoms with E-state index in [9.17, 15) is 0 Å². The number of pyridine rings is 1. The quantitative estimate of drug-likeness (QED) is 0.853. The third-order valence-electron chi connectivity index (χ3n) is 3.99. The van der Waals surface area contributed by atoms with E-state index in [1.165, 1.54) is 18.4 Å². The normalized spacial score (nSPS) is 16.7. The lowest BCUT2D eigenvalue weighted by Gasteiger charge is -2.26. The highest BCUT2D eigenvalue weighted by Gasteiger charge is 2.31. The maximum atomic E-state index is 4.69. The summed E-state index contributed by atoms with van der Waals surface area (Å²) in [5.74, 6) is 1.98. The lowest BCUT2D eigenvalue weighted by atomic mass is 10.1. The minimum atomic E-state index is 0.514. The highest BCUT2D eigenvalue weighted by atomic mass is 15.2. The van der Waals surface area contributed by atoms with E-state index in [1.807, 2.05) is 0 Å². The predicted octanol–water partition coefficient (Wildman–Crippen LogP) is 3.12. The highest BCUT2D eigenvalue weighted by molar-refractivity contribution is 5.43. The predicted molar refractivity (Wildman–Crippen MR) is 81.5 cm³/mol. The molecule has 0 aromatic carbocycles. The molecule has 0 amide bonds. The van der Waals surface area contributed by atoms with Crippen LogP contribution in [0.25, 0.3) is 0 Å². The van der Waals surface area contributed by atoms with Crippen molar-refractivity contribution in [1.82, 2.24) is 10.3 Å². The Morgan fingerprint density at radius 2 is 2.00 bits per heavy atom. The standard InChI is InChI=1S/C16H27N3/c1-11(2)17-10-14-8-12(3)18-16(9-14)19(5)13(4)15-6-7-15/h8-9,11,13,15,17H,6-7,10H2,1-5H3. The molecular weight excluding hydrogens is 234 g/mol. The molecule has 1 aliphatic carbocycles. The minimum absolute atomic E-state index is 0.514. The molecule has 1 aromatic heterocycles. The average Bonchev–Trinajstić information content (AvgIpc) is 3.18. The summed E-state index contributed by atoms with van der Waals surface area (Å²) in [4.78, 5) is 7.03. The van der Waals surface area contributed by atoms with Gasteiger partial charge < -0.3 is 10.2 Å². The molecule has 1 aliphatic rings. The van der Waals surface area contributed by atoms with Gasteiger partial charge in [0.15, 0.2) is 0 Å². The van der Waals surface area contributed by atoms with E-state index in [1.54, 1.807) is 0 Å². The van der Waals surface area contributed by atoms with Gasteiger partial charge in [0.25, 0.3) is 0 Å². The van der Waals surface area contributed by atoms with Crippen LogP contribution < -0.4 is 10.2 Å². The van der Waals surface area contributed by atoms with Gasteiger partial charge in [0.2, 0.25) is 0 Å². The topological polar surface area (TPSA) is 28.2 Å².